The smallest absolute Gasteiger partial charge is 0.255 e. The summed E-state index contributed by atoms with van der Waals surface area (Å²) in [5.74, 6) is 0.592. The number of amides is 1. The first-order valence-electron chi connectivity index (χ1n) is 8.13. The number of rotatable bonds is 3. The maximum absolute atomic E-state index is 12.8. The molecule has 5 nitrogen and oxygen atoms in total. The van der Waals surface area contributed by atoms with Crippen LogP contribution in [0.4, 0.5) is 0 Å². The van der Waals surface area contributed by atoms with Crippen molar-refractivity contribution < 1.29 is 4.79 Å². The Labute approximate surface area is 131 Å². The number of hydrogen-bond acceptors (Lipinski definition) is 3. The van der Waals surface area contributed by atoms with Crippen molar-refractivity contribution in [3.63, 3.8) is 0 Å². The van der Waals surface area contributed by atoms with Gasteiger partial charge in [0.25, 0.3) is 5.91 Å². The number of fused-ring (bicyclic) bond motifs is 1. The van der Waals surface area contributed by atoms with Gasteiger partial charge in [-0.1, -0.05) is 13.8 Å². The molecule has 1 aliphatic rings. The molecule has 1 fully saturated rings. The van der Waals surface area contributed by atoms with Gasteiger partial charge in [0.05, 0.1) is 11.8 Å². The van der Waals surface area contributed by atoms with Gasteiger partial charge < -0.3 is 4.90 Å². The Bertz CT molecular complexity index is 689. The van der Waals surface area contributed by atoms with Crippen molar-refractivity contribution in [3.05, 3.63) is 24.0 Å². The normalized spacial score (nSPS) is 18.8. The fourth-order valence-electron chi connectivity index (χ4n) is 3.34. The van der Waals surface area contributed by atoms with Crippen molar-refractivity contribution in [2.75, 3.05) is 6.54 Å². The third kappa shape index (κ3) is 2.49. The average Bonchev–Trinajstić information content (AvgIpc) is 3.12. The summed E-state index contributed by atoms with van der Waals surface area (Å²) in [5.41, 5.74) is 1.51. The number of carbonyl (C=O) groups is 1. The van der Waals surface area contributed by atoms with Gasteiger partial charge in [0.15, 0.2) is 5.65 Å². The van der Waals surface area contributed by atoms with Crippen LogP contribution < -0.4 is 0 Å². The van der Waals surface area contributed by atoms with E-state index in [1.807, 2.05) is 15.6 Å². The summed E-state index contributed by atoms with van der Waals surface area (Å²) in [6.45, 7) is 9.37. The molecule has 0 bridgehead atoms. The average molecular weight is 300 g/mol. The predicted octanol–water partition coefficient (Wildman–Crippen LogP) is 3.27. The lowest BCUT2D eigenvalue weighted by Crippen LogP contribution is -2.38. The number of pyridine rings is 1. The van der Waals surface area contributed by atoms with Crippen LogP contribution in [0.25, 0.3) is 11.0 Å². The molecule has 0 unspecified atom stereocenters. The van der Waals surface area contributed by atoms with Gasteiger partial charge in [0.2, 0.25) is 0 Å². The van der Waals surface area contributed by atoms with Gasteiger partial charge in [-0.2, -0.15) is 5.10 Å². The van der Waals surface area contributed by atoms with E-state index in [2.05, 4.69) is 37.8 Å². The molecule has 118 valence electrons. The van der Waals surface area contributed by atoms with Crippen LogP contribution in [0.15, 0.2) is 18.5 Å². The van der Waals surface area contributed by atoms with Gasteiger partial charge in [0.1, 0.15) is 0 Å². The summed E-state index contributed by atoms with van der Waals surface area (Å²) < 4.78 is 1.89. The van der Waals surface area contributed by atoms with Gasteiger partial charge >= 0.3 is 0 Å². The van der Waals surface area contributed by atoms with Crippen LogP contribution in [0.3, 0.4) is 0 Å². The minimum atomic E-state index is 0.0999. The Balaban J connectivity index is 1.91. The summed E-state index contributed by atoms with van der Waals surface area (Å²) >= 11 is 0. The molecule has 22 heavy (non-hydrogen) atoms. The molecule has 0 N–H and O–H groups in total. The van der Waals surface area contributed by atoms with Crippen LogP contribution in [-0.4, -0.2) is 38.2 Å². The quantitative estimate of drug-likeness (QED) is 0.874. The lowest BCUT2D eigenvalue weighted by molar-refractivity contribution is 0.0701. The predicted molar refractivity (Wildman–Crippen MR) is 86.8 cm³/mol. The maximum atomic E-state index is 12.8. The molecule has 5 heteroatoms. The molecule has 1 aliphatic heterocycles. The molecular formula is C17H24N4O. The topological polar surface area (TPSA) is 51.0 Å². The number of hydrogen-bond donors (Lipinski definition) is 0. The molecular weight excluding hydrogens is 276 g/mol. The van der Waals surface area contributed by atoms with E-state index in [4.69, 9.17) is 0 Å². The molecule has 0 saturated carbocycles. The van der Waals surface area contributed by atoms with E-state index < -0.39 is 0 Å². The Morgan fingerprint density at radius 1 is 1.27 bits per heavy atom. The second kappa shape index (κ2) is 5.71. The maximum Gasteiger partial charge on any atom is 0.255 e. The van der Waals surface area contributed by atoms with Crippen molar-refractivity contribution in [3.8, 4) is 0 Å². The van der Waals surface area contributed by atoms with Crippen LogP contribution >= 0.6 is 0 Å². The third-order valence-corrected chi connectivity index (χ3v) is 4.50. The van der Waals surface area contributed by atoms with Crippen molar-refractivity contribution in [1.29, 1.82) is 0 Å². The molecule has 0 aromatic carbocycles. The summed E-state index contributed by atoms with van der Waals surface area (Å²) in [6, 6.07) is 2.53. The summed E-state index contributed by atoms with van der Waals surface area (Å²) in [6.07, 6.45) is 5.68. The zero-order valence-electron chi connectivity index (χ0n) is 13.8. The van der Waals surface area contributed by atoms with Crippen LogP contribution in [0.2, 0.25) is 0 Å². The minimum absolute atomic E-state index is 0.0999. The van der Waals surface area contributed by atoms with Crippen LogP contribution in [0, 0.1) is 5.92 Å². The van der Waals surface area contributed by atoms with Gasteiger partial charge in [-0.25, -0.2) is 9.67 Å². The first-order chi connectivity index (χ1) is 10.5. The van der Waals surface area contributed by atoms with Crippen molar-refractivity contribution in [2.24, 2.45) is 5.92 Å². The van der Waals surface area contributed by atoms with E-state index in [0.29, 0.717) is 17.5 Å². The first kappa shape index (κ1) is 15.0. The van der Waals surface area contributed by atoms with Crippen molar-refractivity contribution in [1.82, 2.24) is 19.7 Å². The standard InChI is InChI=1S/C17H24N4O/c1-11(2)15-6-5-7-20(15)17(22)14-8-13-10-19-21(12(3)4)16(13)18-9-14/h8-12,15H,5-7H2,1-4H3/t15-/m1/s1. The Morgan fingerprint density at radius 2 is 2.05 bits per heavy atom. The fraction of sp³-hybridized carbons (Fsp3) is 0.588. The SMILES string of the molecule is CC(C)[C@H]1CCCN1C(=O)c1cnc2c(cnn2C(C)C)c1. The van der Waals surface area contributed by atoms with E-state index in [1.165, 1.54) is 0 Å². The van der Waals surface area contributed by atoms with E-state index in [9.17, 15) is 4.79 Å². The molecule has 1 atom stereocenters. The second-order valence-corrected chi connectivity index (χ2v) is 6.77. The number of nitrogens with zero attached hydrogens (tertiary/aromatic N) is 4. The highest BCUT2D eigenvalue weighted by Crippen LogP contribution is 2.26. The van der Waals surface area contributed by atoms with Crippen LogP contribution in [-0.2, 0) is 0 Å². The highest BCUT2D eigenvalue weighted by molar-refractivity contribution is 5.97. The minimum Gasteiger partial charge on any atom is -0.335 e. The summed E-state index contributed by atoms with van der Waals surface area (Å²) in [4.78, 5) is 19.3. The van der Waals surface area contributed by atoms with Gasteiger partial charge in [0, 0.05) is 30.2 Å². The highest BCUT2D eigenvalue weighted by atomic mass is 16.2. The molecule has 0 radical (unpaired) electrons. The number of aromatic nitrogens is 3. The molecule has 1 amide bonds. The Hall–Kier alpha value is -1.91. The molecule has 0 aliphatic carbocycles. The molecule has 2 aromatic heterocycles. The van der Waals surface area contributed by atoms with Crippen molar-refractivity contribution in [2.45, 2.75) is 52.6 Å². The monoisotopic (exact) mass is 300 g/mol. The van der Waals surface area contributed by atoms with Crippen LogP contribution in [0.1, 0.15) is 56.9 Å². The van der Waals surface area contributed by atoms with Gasteiger partial charge in [-0.3, -0.25) is 4.79 Å². The second-order valence-electron chi connectivity index (χ2n) is 6.77. The van der Waals surface area contributed by atoms with Gasteiger partial charge in [-0.15, -0.1) is 0 Å². The number of likely N-dealkylation sites (tertiary alicyclic amines) is 1. The van der Waals surface area contributed by atoms with Crippen LogP contribution in [0.5, 0.6) is 0 Å². The molecule has 0 spiro atoms. The molecule has 1 saturated heterocycles. The number of carbonyl (C=O) groups excluding carboxylic acids is 1. The Kier molecular flexibility index (Phi) is 3.89. The molecule has 3 rings (SSSR count). The molecule has 2 aromatic rings. The Morgan fingerprint density at radius 3 is 2.73 bits per heavy atom. The zero-order valence-corrected chi connectivity index (χ0v) is 13.8. The van der Waals surface area contributed by atoms with Crippen molar-refractivity contribution >= 4 is 16.9 Å². The van der Waals surface area contributed by atoms with E-state index in [0.717, 1.165) is 30.4 Å². The van der Waals surface area contributed by atoms with Gasteiger partial charge in [-0.05, 0) is 38.7 Å². The largest absolute Gasteiger partial charge is 0.335 e. The molecule has 3 heterocycles. The highest BCUT2D eigenvalue weighted by Gasteiger charge is 2.31. The summed E-state index contributed by atoms with van der Waals surface area (Å²) in [5, 5.41) is 5.30. The lowest BCUT2D eigenvalue weighted by Gasteiger charge is -2.27. The third-order valence-electron chi connectivity index (χ3n) is 4.50. The van der Waals surface area contributed by atoms with E-state index in [-0.39, 0.29) is 11.9 Å². The zero-order chi connectivity index (χ0) is 15.9. The van der Waals surface area contributed by atoms with E-state index >= 15 is 0 Å². The summed E-state index contributed by atoms with van der Waals surface area (Å²) in [7, 11) is 0. The fourth-order valence-corrected chi connectivity index (χ4v) is 3.34. The first-order valence-corrected chi connectivity index (χ1v) is 8.13. The van der Waals surface area contributed by atoms with E-state index in [1.54, 1.807) is 12.4 Å². The lowest BCUT2D eigenvalue weighted by atomic mass is 10.0.